The Hall–Kier alpha value is -2.83. The summed E-state index contributed by atoms with van der Waals surface area (Å²) in [7, 11) is -4.00. The number of hydrogen-bond donors (Lipinski definition) is 1. The maximum atomic E-state index is 10.4. The first-order chi connectivity index (χ1) is 11.6. The van der Waals surface area contributed by atoms with Gasteiger partial charge in [-0.2, -0.15) is 8.42 Å². The van der Waals surface area contributed by atoms with Crippen molar-refractivity contribution in [3.8, 4) is 0 Å². The van der Waals surface area contributed by atoms with E-state index in [2.05, 4.69) is 28.2 Å². The minimum atomic E-state index is -4.00. The Kier molecular flexibility index (Phi) is 4.50. The smallest absolute Gasteiger partial charge is 0.282 e. The van der Waals surface area contributed by atoms with Gasteiger partial charge in [0.05, 0.1) is 15.9 Å². The molecule has 0 unspecified atom stereocenters. The Morgan fingerprint density at radius 1 is 0.750 bits per heavy atom. The zero-order valence-corrected chi connectivity index (χ0v) is 13.4. The van der Waals surface area contributed by atoms with Crippen LogP contribution in [0.1, 0.15) is 0 Å². The van der Waals surface area contributed by atoms with Gasteiger partial charge in [0.15, 0.2) is 0 Å². The average Bonchev–Trinajstić information content (AvgIpc) is 2.62. The van der Waals surface area contributed by atoms with Crippen molar-refractivity contribution in [2.45, 2.75) is 4.90 Å². The molecule has 2 aromatic carbocycles. The van der Waals surface area contributed by atoms with Crippen LogP contribution >= 0.6 is 0 Å². The van der Waals surface area contributed by atoms with Gasteiger partial charge in [0, 0.05) is 23.2 Å². The number of benzene rings is 2. The highest BCUT2D eigenvalue weighted by atomic mass is 32.2. The summed E-state index contributed by atoms with van der Waals surface area (Å²) in [6, 6.07) is 19.5. The lowest BCUT2D eigenvalue weighted by atomic mass is 10.1. The van der Waals surface area contributed by atoms with E-state index in [1.54, 1.807) is 24.4 Å². The minimum Gasteiger partial charge on any atom is -0.282 e. The summed E-state index contributed by atoms with van der Waals surface area (Å²) in [6.07, 6.45) is 3.62. The van der Waals surface area contributed by atoms with Crippen LogP contribution in [0.15, 0.2) is 84.0 Å². The highest BCUT2D eigenvalue weighted by Crippen LogP contribution is 2.20. The van der Waals surface area contributed by atoms with E-state index in [4.69, 9.17) is 4.55 Å². The molecule has 6 heteroatoms. The summed E-state index contributed by atoms with van der Waals surface area (Å²) < 4.78 is 29.2. The maximum Gasteiger partial charge on any atom is 0.294 e. The lowest BCUT2D eigenvalue weighted by molar-refractivity contribution is 0.483. The van der Waals surface area contributed by atoms with Crippen LogP contribution in [0.4, 0.5) is 0 Å². The molecule has 0 amide bonds. The molecule has 0 bridgehead atoms. The first-order valence-corrected chi connectivity index (χ1v) is 8.61. The molecule has 0 saturated carbocycles. The summed E-state index contributed by atoms with van der Waals surface area (Å²) >= 11 is 0. The molecular formula is C18H14N2O3S. The van der Waals surface area contributed by atoms with Crippen molar-refractivity contribution in [2.75, 3.05) is 0 Å². The molecule has 5 nitrogen and oxygen atoms in total. The second-order valence-electron chi connectivity index (χ2n) is 5.00. The van der Waals surface area contributed by atoms with E-state index in [0.29, 0.717) is 0 Å². The number of aromatic nitrogens is 2. The first kappa shape index (κ1) is 16.0. The van der Waals surface area contributed by atoms with Crippen molar-refractivity contribution in [3.05, 3.63) is 79.1 Å². The number of hydrogen-bond acceptors (Lipinski definition) is 4. The van der Waals surface area contributed by atoms with E-state index < -0.39 is 10.1 Å². The van der Waals surface area contributed by atoms with Gasteiger partial charge in [0.1, 0.15) is 0 Å². The van der Waals surface area contributed by atoms with Crippen LogP contribution in [0.3, 0.4) is 0 Å². The van der Waals surface area contributed by atoms with Crippen molar-refractivity contribution in [2.24, 2.45) is 0 Å². The third kappa shape index (κ3) is 3.56. The van der Waals surface area contributed by atoms with E-state index >= 15 is 0 Å². The Labute approximate surface area is 139 Å². The van der Waals surface area contributed by atoms with E-state index in [9.17, 15) is 8.42 Å². The van der Waals surface area contributed by atoms with Crippen molar-refractivity contribution >= 4 is 31.9 Å². The van der Waals surface area contributed by atoms with Crippen LogP contribution in [0.2, 0.25) is 0 Å². The molecule has 1 N–H and O–H groups in total. The zero-order chi connectivity index (χ0) is 17.0. The summed E-state index contributed by atoms with van der Waals surface area (Å²) in [5, 5.41) is 2.28. The molecular weight excluding hydrogens is 324 g/mol. The molecule has 0 spiro atoms. The Balaban J connectivity index is 0.000000150. The topological polar surface area (TPSA) is 80.2 Å². The van der Waals surface area contributed by atoms with Gasteiger partial charge in [-0.3, -0.25) is 14.5 Å². The quantitative estimate of drug-likeness (QED) is 0.423. The van der Waals surface area contributed by atoms with Crippen molar-refractivity contribution in [1.82, 2.24) is 9.97 Å². The molecule has 2 heterocycles. The predicted octanol–water partition coefficient (Wildman–Crippen LogP) is 3.72. The Morgan fingerprint density at radius 3 is 2.17 bits per heavy atom. The lowest BCUT2D eigenvalue weighted by Crippen LogP contribution is -1.96. The third-order valence-electron chi connectivity index (χ3n) is 3.39. The molecule has 120 valence electrons. The molecule has 2 aromatic heterocycles. The second kappa shape index (κ2) is 6.74. The van der Waals surface area contributed by atoms with E-state index in [-0.39, 0.29) is 4.90 Å². The Morgan fingerprint density at radius 2 is 1.46 bits per heavy atom. The lowest BCUT2D eigenvalue weighted by Gasteiger charge is -2.00. The van der Waals surface area contributed by atoms with E-state index in [0.717, 1.165) is 21.8 Å². The molecule has 24 heavy (non-hydrogen) atoms. The summed E-state index contributed by atoms with van der Waals surface area (Å²) in [5.74, 6) is 0. The zero-order valence-electron chi connectivity index (χ0n) is 12.6. The molecule has 0 radical (unpaired) electrons. The van der Waals surface area contributed by atoms with Gasteiger partial charge >= 0.3 is 0 Å². The van der Waals surface area contributed by atoms with Gasteiger partial charge in [0.2, 0.25) is 0 Å². The normalized spacial score (nSPS) is 11.0. The van der Waals surface area contributed by atoms with Crippen LogP contribution in [-0.4, -0.2) is 22.9 Å². The highest BCUT2D eigenvalue weighted by molar-refractivity contribution is 7.85. The van der Waals surface area contributed by atoms with Crippen molar-refractivity contribution in [3.63, 3.8) is 0 Å². The predicted molar refractivity (Wildman–Crippen MR) is 93.3 cm³/mol. The van der Waals surface area contributed by atoms with Crippen LogP contribution in [-0.2, 0) is 10.1 Å². The van der Waals surface area contributed by atoms with Crippen LogP contribution in [0.5, 0.6) is 0 Å². The van der Waals surface area contributed by atoms with Crippen LogP contribution in [0, 0.1) is 0 Å². The standard InChI is InChI=1S/C12H8N2.C6H6O3S/c1-3-9-5-6-11-10(4-2-7-13-11)12(9)14-8-1;7-10(8,9)6-4-2-1-3-5-6/h1-8H;1-5H,(H,7,8,9). The van der Waals surface area contributed by atoms with Crippen molar-refractivity contribution in [1.29, 1.82) is 0 Å². The maximum absolute atomic E-state index is 10.4. The van der Waals surface area contributed by atoms with Gasteiger partial charge < -0.3 is 0 Å². The molecule has 0 fully saturated rings. The van der Waals surface area contributed by atoms with Crippen LogP contribution < -0.4 is 0 Å². The Bertz CT molecular complexity index is 1030. The monoisotopic (exact) mass is 338 g/mol. The fraction of sp³-hybridized carbons (Fsp3) is 0. The SMILES string of the molecule is O=S(=O)(O)c1ccccc1.c1cnc2c(c1)ccc1ncccc12. The molecule has 0 atom stereocenters. The first-order valence-electron chi connectivity index (χ1n) is 7.17. The fourth-order valence-corrected chi connectivity index (χ4v) is 2.79. The number of rotatable bonds is 1. The summed E-state index contributed by atoms with van der Waals surface area (Å²) in [4.78, 5) is 8.59. The molecule has 0 aliphatic carbocycles. The molecule has 0 aliphatic rings. The fourth-order valence-electron chi connectivity index (χ4n) is 2.29. The molecule has 0 aliphatic heterocycles. The van der Waals surface area contributed by atoms with Gasteiger partial charge in [-0.05, 0) is 36.4 Å². The highest BCUT2D eigenvalue weighted by Gasteiger charge is 2.05. The molecule has 0 saturated heterocycles. The third-order valence-corrected chi connectivity index (χ3v) is 4.26. The van der Waals surface area contributed by atoms with Gasteiger partial charge in [-0.1, -0.05) is 30.3 Å². The number of fused-ring (bicyclic) bond motifs is 3. The minimum absolute atomic E-state index is 0.0741. The van der Waals surface area contributed by atoms with Gasteiger partial charge in [-0.25, -0.2) is 0 Å². The summed E-state index contributed by atoms with van der Waals surface area (Å²) in [5.41, 5.74) is 2.02. The number of pyridine rings is 2. The average molecular weight is 338 g/mol. The van der Waals surface area contributed by atoms with Gasteiger partial charge in [-0.15, -0.1) is 0 Å². The summed E-state index contributed by atoms with van der Waals surface area (Å²) in [6.45, 7) is 0. The largest absolute Gasteiger partial charge is 0.294 e. The second-order valence-corrected chi connectivity index (χ2v) is 6.42. The van der Waals surface area contributed by atoms with Crippen molar-refractivity contribution < 1.29 is 13.0 Å². The van der Waals surface area contributed by atoms with E-state index in [1.165, 1.54) is 12.1 Å². The van der Waals surface area contributed by atoms with Crippen LogP contribution in [0.25, 0.3) is 21.8 Å². The molecule has 4 rings (SSSR count). The van der Waals surface area contributed by atoms with Gasteiger partial charge in [0.25, 0.3) is 10.1 Å². The molecule has 4 aromatic rings. The number of nitrogens with zero attached hydrogens (tertiary/aromatic N) is 2. The van der Waals surface area contributed by atoms with E-state index in [1.807, 2.05) is 24.4 Å².